The van der Waals surface area contributed by atoms with Gasteiger partial charge in [0.25, 0.3) is 0 Å². The molecule has 2 nitrogen and oxygen atoms in total. The van der Waals surface area contributed by atoms with Crippen LogP contribution >= 0.6 is 15.9 Å². The summed E-state index contributed by atoms with van der Waals surface area (Å²) in [5, 5.41) is 9.42. The molecule has 3 N–H and O–H groups in total. The van der Waals surface area contributed by atoms with Crippen LogP contribution in [0.2, 0.25) is 0 Å². The number of aryl methyl sites for hydroxylation is 1. The summed E-state index contributed by atoms with van der Waals surface area (Å²) in [7, 11) is 0. The van der Waals surface area contributed by atoms with Crippen molar-refractivity contribution in [2.45, 2.75) is 19.9 Å². The van der Waals surface area contributed by atoms with Gasteiger partial charge in [0.05, 0.1) is 4.47 Å². The molecule has 0 aliphatic heterocycles. The zero-order valence-electron chi connectivity index (χ0n) is 7.13. The topological polar surface area (TPSA) is 46.2 Å². The maximum absolute atomic E-state index is 9.42. The lowest BCUT2D eigenvalue weighted by Gasteiger charge is -2.09. The van der Waals surface area contributed by atoms with Crippen molar-refractivity contribution in [1.29, 1.82) is 0 Å². The molecule has 0 aromatic heterocycles. The van der Waals surface area contributed by atoms with Gasteiger partial charge in [-0.2, -0.15) is 0 Å². The summed E-state index contributed by atoms with van der Waals surface area (Å²) < 4.78 is 0.704. The molecule has 1 rings (SSSR count). The van der Waals surface area contributed by atoms with Gasteiger partial charge < -0.3 is 10.8 Å². The first kappa shape index (κ1) is 9.55. The number of hydrogen-bond donors (Lipinski definition) is 2. The SMILES string of the molecule is Cc1cc(C(C)N)cc(Br)c1O. The van der Waals surface area contributed by atoms with Gasteiger partial charge in [-0.05, 0) is 47.0 Å². The second-order valence-corrected chi connectivity index (χ2v) is 3.81. The van der Waals surface area contributed by atoms with E-state index in [1.807, 2.05) is 26.0 Å². The average Bonchev–Trinajstić information content (AvgIpc) is 1.99. The Balaban J connectivity index is 3.21. The lowest BCUT2D eigenvalue weighted by Crippen LogP contribution is -2.05. The Morgan fingerprint density at radius 1 is 1.50 bits per heavy atom. The highest BCUT2D eigenvalue weighted by atomic mass is 79.9. The van der Waals surface area contributed by atoms with E-state index in [-0.39, 0.29) is 6.04 Å². The van der Waals surface area contributed by atoms with Gasteiger partial charge in [0, 0.05) is 6.04 Å². The molecular formula is C9H12BrNO. The summed E-state index contributed by atoms with van der Waals surface area (Å²) in [4.78, 5) is 0. The van der Waals surface area contributed by atoms with Crippen molar-refractivity contribution >= 4 is 15.9 Å². The predicted octanol–water partition coefficient (Wildman–Crippen LogP) is 2.48. The van der Waals surface area contributed by atoms with Gasteiger partial charge in [-0.25, -0.2) is 0 Å². The van der Waals surface area contributed by atoms with E-state index in [0.717, 1.165) is 11.1 Å². The Morgan fingerprint density at radius 3 is 2.50 bits per heavy atom. The van der Waals surface area contributed by atoms with Crippen LogP contribution in [0.3, 0.4) is 0 Å². The highest BCUT2D eigenvalue weighted by Crippen LogP contribution is 2.30. The minimum atomic E-state index is 0.000556. The van der Waals surface area contributed by atoms with Gasteiger partial charge in [-0.3, -0.25) is 0 Å². The summed E-state index contributed by atoms with van der Waals surface area (Å²) in [6.07, 6.45) is 0. The number of aromatic hydroxyl groups is 1. The molecule has 1 unspecified atom stereocenters. The second kappa shape index (κ2) is 3.46. The predicted molar refractivity (Wildman–Crippen MR) is 53.1 cm³/mol. The molecule has 1 aromatic carbocycles. The number of rotatable bonds is 1. The van der Waals surface area contributed by atoms with Crippen LogP contribution in [0.15, 0.2) is 16.6 Å². The van der Waals surface area contributed by atoms with Crippen molar-refractivity contribution in [2.24, 2.45) is 5.73 Å². The van der Waals surface area contributed by atoms with Crippen molar-refractivity contribution in [2.75, 3.05) is 0 Å². The zero-order valence-corrected chi connectivity index (χ0v) is 8.72. The quantitative estimate of drug-likeness (QED) is 0.778. The van der Waals surface area contributed by atoms with E-state index in [1.165, 1.54) is 0 Å². The summed E-state index contributed by atoms with van der Waals surface area (Å²) in [5.41, 5.74) is 7.57. The van der Waals surface area contributed by atoms with Gasteiger partial charge in [0.2, 0.25) is 0 Å². The summed E-state index contributed by atoms with van der Waals surface area (Å²) in [6, 6.07) is 3.73. The van der Waals surface area contributed by atoms with Crippen molar-refractivity contribution in [3.05, 3.63) is 27.7 Å². The molecule has 0 amide bonds. The molecule has 0 bridgehead atoms. The minimum absolute atomic E-state index is 0.000556. The lowest BCUT2D eigenvalue weighted by atomic mass is 10.1. The van der Waals surface area contributed by atoms with Crippen molar-refractivity contribution < 1.29 is 5.11 Å². The van der Waals surface area contributed by atoms with Crippen molar-refractivity contribution in [3.8, 4) is 5.75 Å². The first-order valence-electron chi connectivity index (χ1n) is 3.77. The van der Waals surface area contributed by atoms with Crippen LogP contribution in [-0.2, 0) is 0 Å². The Kier molecular flexibility index (Phi) is 2.75. The molecule has 66 valence electrons. The second-order valence-electron chi connectivity index (χ2n) is 2.96. The molecule has 3 heteroatoms. The third kappa shape index (κ3) is 1.79. The largest absolute Gasteiger partial charge is 0.506 e. The molecule has 1 atom stereocenters. The van der Waals surface area contributed by atoms with Crippen LogP contribution in [0.4, 0.5) is 0 Å². The normalized spacial score (nSPS) is 13.0. The minimum Gasteiger partial charge on any atom is -0.506 e. The molecule has 0 radical (unpaired) electrons. The number of nitrogens with two attached hydrogens (primary N) is 1. The molecule has 0 aliphatic rings. The third-order valence-corrected chi connectivity index (χ3v) is 2.41. The first-order chi connectivity index (χ1) is 5.52. The summed E-state index contributed by atoms with van der Waals surface area (Å²) >= 11 is 3.26. The van der Waals surface area contributed by atoms with Crippen LogP contribution in [-0.4, -0.2) is 5.11 Å². The molecule has 12 heavy (non-hydrogen) atoms. The van der Waals surface area contributed by atoms with Crippen molar-refractivity contribution in [3.63, 3.8) is 0 Å². The van der Waals surface area contributed by atoms with E-state index in [4.69, 9.17) is 5.73 Å². The molecule has 0 heterocycles. The fraction of sp³-hybridized carbons (Fsp3) is 0.333. The molecule has 0 saturated carbocycles. The van der Waals surface area contributed by atoms with Gasteiger partial charge >= 0.3 is 0 Å². The zero-order chi connectivity index (χ0) is 9.30. The van der Waals surface area contributed by atoms with Gasteiger partial charge in [0.15, 0.2) is 0 Å². The summed E-state index contributed by atoms with van der Waals surface area (Å²) in [6.45, 7) is 3.77. The van der Waals surface area contributed by atoms with Crippen LogP contribution in [0.5, 0.6) is 5.75 Å². The lowest BCUT2D eigenvalue weighted by molar-refractivity contribution is 0.467. The van der Waals surface area contributed by atoms with Crippen LogP contribution in [0, 0.1) is 6.92 Å². The maximum atomic E-state index is 9.42. The third-order valence-electron chi connectivity index (χ3n) is 1.80. The van der Waals surface area contributed by atoms with Crippen LogP contribution in [0.25, 0.3) is 0 Å². The molecule has 1 aromatic rings. The van der Waals surface area contributed by atoms with Crippen LogP contribution in [0.1, 0.15) is 24.1 Å². The number of hydrogen-bond acceptors (Lipinski definition) is 2. The highest BCUT2D eigenvalue weighted by Gasteiger charge is 2.06. The van der Waals surface area contributed by atoms with E-state index in [9.17, 15) is 5.11 Å². The summed E-state index contributed by atoms with van der Waals surface area (Å²) in [5.74, 6) is 0.291. The monoisotopic (exact) mass is 229 g/mol. The van der Waals surface area contributed by atoms with Gasteiger partial charge in [-0.15, -0.1) is 0 Å². The maximum Gasteiger partial charge on any atom is 0.132 e. The fourth-order valence-corrected chi connectivity index (χ4v) is 1.60. The van der Waals surface area contributed by atoms with Gasteiger partial charge in [0.1, 0.15) is 5.75 Å². The number of halogens is 1. The Morgan fingerprint density at radius 2 is 2.08 bits per heavy atom. The highest BCUT2D eigenvalue weighted by molar-refractivity contribution is 9.10. The number of benzene rings is 1. The van der Waals surface area contributed by atoms with E-state index in [2.05, 4.69) is 15.9 Å². The Hall–Kier alpha value is -0.540. The molecule has 0 aliphatic carbocycles. The van der Waals surface area contributed by atoms with Crippen LogP contribution < -0.4 is 5.73 Å². The number of phenols is 1. The number of phenolic OH excluding ortho intramolecular Hbond substituents is 1. The fourth-order valence-electron chi connectivity index (χ4n) is 1.03. The molecule has 0 saturated heterocycles. The first-order valence-corrected chi connectivity index (χ1v) is 4.56. The van der Waals surface area contributed by atoms with Gasteiger partial charge in [-0.1, -0.05) is 6.07 Å². The average molecular weight is 230 g/mol. The molecule has 0 fully saturated rings. The molecular weight excluding hydrogens is 218 g/mol. The van der Waals surface area contributed by atoms with E-state index < -0.39 is 0 Å². The smallest absolute Gasteiger partial charge is 0.132 e. The molecule has 0 spiro atoms. The Bertz CT molecular complexity index is 274. The standard InChI is InChI=1S/C9H12BrNO/c1-5-3-7(6(2)11)4-8(10)9(5)12/h3-4,6,12H,11H2,1-2H3. The van der Waals surface area contributed by atoms with Crippen molar-refractivity contribution in [1.82, 2.24) is 0 Å². The van der Waals surface area contributed by atoms with E-state index in [0.29, 0.717) is 10.2 Å². The Labute approximate surface area is 80.5 Å². The van der Waals surface area contributed by atoms with E-state index in [1.54, 1.807) is 0 Å². The van der Waals surface area contributed by atoms with E-state index >= 15 is 0 Å².